The first-order valence-electron chi connectivity index (χ1n) is 11.1. The average molecular weight is 417 g/mol. The summed E-state index contributed by atoms with van der Waals surface area (Å²) in [4.78, 5) is 15.4. The van der Waals surface area contributed by atoms with Crippen LogP contribution in [-0.4, -0.2) is 21.9 Å². The third-order valence-corrected chi connectivity index (χ3v) is 5.70. The molecule has 0 radical (unpaired) electrons. The quantitative estimate of drug-likeness (QED) is 0.525. The van der Waals surface area contributed by atoms with E-state index in [-0.39, 0.29) is 17.4 Å². The fourth-order valence-electron chi connectivity index (χ4n) is 4.24. The molecule has 0 aliphatic carbocycles. The predicted octanol–water partition coefficient (Wildman–Crippen LogP) is 5.83. The van der Waals surface area contributed by atoms with Crippen LogP contribution in [0.15, 0.2) is 72.9 Å². The molecule has 4 heteroatoms. The molecule has 0 spiro atoms. The van der Waals surface area contributed by atoms with E-state index < -0.39 is 0 Å². The van der Waals surface area contributed by atoms with E-state index in [4.69, 9.17) is 4.74 Å². The van der Waals surface area contributed by atoms with E-state index in [1.54, 1.807) is 0 Å². The number of aryl methyl sites for hydroxylation is 1. The van der Waals surface area contributed by atoms with E-state index in [0.717, 1.165) is 36.4 Å². The van der Waals surface area contributed by atoms with Crippen LogP contribution in [0.2, 0.25) is 0 Å². The Kier molecular flexibility index (Phi) is 6.17. The summed E-state index contributed by atoms with van der Waals surface area (Å²) < 4.78 is 8.25. The van der Waals surface area contributed by atoms with Crippen LogP contribution in [0.25, 0.3) is 0 Å². The largest absolute Gasteiger partial charge is 0.489 e. The molecule has 4 rings (SSSR count). The molecule has 0 saturated heterocycles. The fraction of sp³-hybridized carbons (Fsp3) is 0.370. The van der Waals surface area contributed by atoms with Crippen molar-refractivity contribution in [1.82, 2.24) is 9.47 Å². The molecule has 1 aliphatic heterocycles. The van der Waals surface area contributed by atoms with Gasteiger partial charge in [0, 0.05) is 31.4 Å². The number of amides is 1. The third-order valence-electron chi connectivity index (χ3n) is 5.70. The zero-order chi connectivity index (χ0) is 21.8. The molecule has 1 atom stereocenters. The number of hydrogen-bond acceptors (Lipinski definition) is 2. The molecule has 1 amide bonds. The normalized spacial score (nSPS) is 16.5. The highest BCUT2D eigenvalue weighted by atomic mass is 16.5. The molecule has 162 valence electrons. The van der Waals surface area contributed by atoms with Gasteiger partial charge in [0.1, 0.15) is 12.4 Å². The number of carbonyl (C=O) groups excluding carboxylic acids is 1. The van der Waals surface area contributed by atoms with Gasteiger partial charge in [-0.15, -0.1) is 0 Å². The van der Waals surface area contributed by atoms with E-state index in [2.05, 4.69) is 72.8 Å². The average Bonchev–Trinajstić information content (AvgIpc) is 3.12. The van der Waals surface area contributed by atoms with Crippen LogP contribution in [-0.2, 0) is 17.9 Å². The van der Waals surface area contributed by atoms with Crippen molar-refractivity contribution in [3.8, 4) is 5.75 Å². The third kappa shape index (κ3) is 5.19. The molecule has 0 saturated carbocycles. The molecule has 3 aromatic rings. The van der Waals surface area contributed by atoms with E-state index in [1.165, 1.54) is 5.69 Å². The molecule has 31 heavy (non-hydrogen) atoms. The zero-order valence-corrected chi connectivity index (χ0v) is 18.8. The highest BCUT2D eigenvalue weighted by Gasteiger charge is 2.32. The van der Waals surface area contributed by atoms with Crippen LogP contribution in [0, 0.1) is 5.41 Å². The van der Waals surface area contributed by atoms with Crippen LogP contribution in [0.1, 0.15) is 56.5 Å². The molecular formula is C27H32N2O2. The Morgan fingerprint density at radius 2 is 1.71 bits per heavy atom. The summed E-state index contributed by atoms with van der Waals surface area (Å²) in [5.74, 6) is 1.06. The molecule has 1 aliphatic rings. The molecular weight excluding hydrogens is 384 g/mol. The lowest BCUT2D eigenvalue weighted by molar-refractivity contribution is -0.134. The lowest BCUT2D eigenvalue weighted by atomic mass is 9.90. The number of fused-ring (bicyclic) bond motifs is 1. The Morgan fingerprint density at radius 3 is 2.42 bits per heavy atom. The summed E-state index contributed by atoms with van der Waals surface area (Å²) in [5.41, 5.74) is 3.41. The minimum atomic E-state index is -0.0736. The number of hydrogen-bond donors (Lipinski definition) is 0. The van der Waals surface area contributed by atoms with Crippen LogP contribution in [0.3, 0.4) is 0 Å². The Balaban J connectivity index is 1.58. The number of carbonyl (C=O) groups is 1. The minimum absolute atomic E-state index is 0.0366. The first-order chi connectivity index (χ1) is 14.9. The molecule has 0 bridgehead atoms. The van der Waals surface area contributed by atoms with Gasteiger partial charge in [0.25, 0.3) is 0 Å². The monoisotopic (exact) mass is 416 g/mol. The van der Waals surface area contributed by atoms with Crippen LogP contribution < -0.4 is 4.74 Å². The Labute approximate surface area is 185 Å². The standard InChI is InChI=1S/C27H32N2O2/c1-27(2,3)19-25(30)29-18-8-17-28-16-7-11-24(28)26(29)22-12-14-23(15-13-22)31-20-21-9-5-4-6-10-21/h4-7,9-16,26H,8,17-20H2,1-3H3. The summed E-state index contributed by atoms with van der Waals surface area (Å²) in [6.07, 6.45) is 3.63. The van der Waals surface area contributed by atoms with Gasteiger partial charge < -0.3 is 14.2 Å². The first kappa shape index (κ1) is 21.2. The van der Waals surface area contributed by atoms with Crippen molar-refractivity contribution in [3.63, 3.8) is 0 Å². The summed E-state index contributed by atoms with van der Waals surface area (Å²) in [5, 5.41) is 0. The molecule has 2 aromatic carbocycles. The number of ether oxygens (including phenoxy) is 1. The smallest absolute Gasteiger partial charge is 0.223 e. The maximum Gasteiger partial charge on any atom is 0.223 e. The van der Waals surface area contributed by atoms with E-state index in [9.17, 15) is 4.79 Å². The predicted molar refractivity (Wildman–Crippen MR) is 124 cm³/mol. The number of aromatic nitrogens is 1. The second kappa shape index (κ2) is 9.01. The van der Waals surface area contributed by atoms with Gasteiger partial charge in [-0.1, -0.05) is 63.2 Å². The maximum atomic E-state index is 13.3. The molecule has 1 unspecified atom stereocenters. The van der Waals surface area contributed by atoms with E-state index in [0.29, 0.717) is 13.0 Å². The maximum absolute atomic E-state index is 13.3. The second-order valence-electron chi connectivity index (χ2n) is 9.55. The van der Waals surface area contributed by atoms with Gasteiger partial charge in [-0.2, -0.15) is 0 Å². The molecule has 1 aromatic heterocycles. The van der Waals surface area contributed by atoms with Crippen molar-refractivity contribution < 1.29 is 9.53 Å². The van der Waals surface area contributed by atoms with Crippen molar-refractivity contribution in [3.05, 3.63) is 89.7 Å². The van der Waals surface area contributed by atoms with Gasteiger partial charge in [0.15, 0.2) is 0 Å². The molecule has 0 N–H and O–H groups in total. The molecule has 4 nitrogen and oxygen atoms in total. The second-order valence-corrected chi connectivity index (χ2v) is 9.55. The van der Waals surface area contributed by atoms with Crippen molar-refractivity contribution in [2.75, 3.05) is 6.54 Å². The zero-order valence-electron chi connectivity index (χ0n) is 18.8. The molecule has 0 fully saturated rings. The highest BCUT2D eigenvalue weighted by Crippen LogP contribution is 2.34. The Morgan fingerprint density at radius 1 is 0.968 bits per heavy atom. The number of rotatable bonds is 5. The van der Waals surface area contributed by atoms with Gasteiger partial charge in [-0.3, -0.25) is 4.79 Å². The van der Waals surface area contributed by atoms with Gasteiger partial charge in [0.05, 0.1) is 6.04 Å². The van der Waals surface area contributed by atoms with E-state index >= 15 is 0 Å². The van der Waals surface area contributed by atoms with Crippen LogP contribution in [0.5, 0.6) is 5.75 Å². The van der Waals surface area contributed by atoms with Gasteiger partial charge in [-0.05, 0) is 47.2 Å². The van der Waals surface area contributed by atoms with Gasteiger partial charge in [0.2, 0.25) is 5.91 Å². The fourth-order valence-corrected chi connectivity index (χ4v) is 4.24. The summed E-state index contributed by atoms with van der Waals surface area (Å²) >= 11 is 0. The SMILES string of the molecule is CC(C)(C)CC(=O)N1CCCn2cccc2C1c1ccc(OCc2ccccc2)cc1. The Bertz CT molecular complexity index is 1000. The van der Waals surface area contributed by atoms with E-state index in [1.807, 2.05) is 30.3 Å². The Hall–Kier alpha value is -3.01. The number of nitrogens with zero attached hydrogens (tertiary/aromatic N) is 2. The van der Waals surface area contributed by atoms with Crippen molar-refractivity contribution in [2.24, 2.45) is 5.41 Å². The van der Waals surface area contributed by atoms with Crippen LogP contribution in [0.4, 0.5) is 0 Å². The summed E-state index contributed by atoms with van der Waals surface area (Å²) in [6, 6.07) is 22.6. The van der Waals surface area contributed by atoms with Gasteiger partial charge in [-0.25, -0.2) is 0 Å². The highest BCUT2D eigenvalue weighted by molar-refractivity contribution is 5.78. The van der Waals surface area contributed by atoms with Crippen LogP contribution >= 0.6 is 0 Å². The lowest BCUT2D eigenvalue weighted by Gasteiger charge is -2.33. The number of benzene rings is 2. The first-order valence-corrected chi connectivity index (χ1v) is 11.1. The van der Waals surface area contributed by atoms with Crippen molar-refractivity contribution >= 4 is 5.91 Å². The van der Waals surface area contributed by atoms with Crippen molar-refractivity contribution in [1.29, 1.82) is 0 Å². The summed E-state index contributed by atoms with van der Waals surface area (Å²) in [6.45, 7) is 8.63. The minimum Gasteiger partial charge on any atom is -0.489 e. The molecule has 2 heterocycles. The van der Waals surface area contributed by atoms with Crippen molar-refractivity contribution in [2.45, 2.75) is 52.8 Å². The lowest BCUT2D eigenvalue weighted by Crippen LogP contribution is -2.37. The topological polar surface area (TPSA) is 34.5 Å². The van der Waals surface area contributed by atoms with Gasteiger partial charge >= 0.3 is 0 Å². The summed E-state index contributed by atoms with van der Waals surface area (Å²) in [7, 11) is 0.